The van der Waals surface area contributed by atoms with Gasteiger partial charge >= 0.3 is 0 Å². The lowest BCUT2D eigenvalue weighted by Crippen LogP contribution is -2.33. The van der Waals surface area contributed by atoms with Crippen LogP contribution in [-0.2, 0) is 6.42 Å². The first-order valence-corrected chi connectivity index (χ1v) is 8.36. The molecule has 1 saturated heterocycles. The molecule has 130 valence electrons. The van der Waals surface area contributed by atoms with E-state index in [-0.39, 0.29) is 11.6 Å². The number of benzene rings is 1. The summed E-state index contributed by atoms with van der Waals surface area (Å²) in [5.74, 6) is 0. The molecule has 7 heteroatoms. The molecule has 7 nitrogen and oxygen atoms in total. The van der Waals surface area contributed by atoms with E-state index in [1.807, 2.05) is 30.3 Å². The van der Waals surface area contributed by atoms with Crippen LogP contribution in [0.5, 0.6) is 0 Å². The van der Waals surface area contributed by atoms with Crippen molar-refractivity contribution in [1.82, 2.24) is 20.3 Å². The Balaban J connectivity index is 1.55. The van der Waals surface area contributed by atoms with Crippen molar-refractivity contribution in [3.8, 4) is 0 Å². The standard InChI is InChI=1S/C18H20N4O3/c23-16-12(7-6-10-4-2-1-3-5-10)22-14(17(16)24)11-8-19-15-13(11)20-9-21-18(15)25/h1-5,8-9,12,14,16-17,19,22-24H,6-7H2,(H,20,21,25)/t12-,14+,16-,17+/m1/s1. The van der Waals surface area contributed by atoms with Gasteiger partial charge in [-0.2, -0.15) is 0 Å². The number of aryl methyl sites for hydroxylation is 1. The third-order valence-electron chi connectivity index (χ3n) is 4.92. The number of hydrogen-bond donors (Lipinski definition) is 5. The minimum absolute atomic E-state index is 0.229. The maximum atomic E-state index is 11.8. The summed E-state index contributed by atoms with van der Waals surface area (Å²) in [5.41, 5.74) is 2.50. The summed E-state index contributed by atoms with van der Waals surface area (Å²) in [5, 5.41) is 24.2. The number of aromatic nitrogens is 3. The van der Waals surface area contributed by atoms with E-state index in [2.05, 4.69) is 20.3 Å². The lowest BCUT2D eigenvalue weighted by Gasteiger charge is -2.15. The second-order valence-corrected chi connectivity index (χ2v) is 6.46. The van der Waals surface area contributed by atoms with Gasteiger partial charge in [-0.3, -0.25) is 4.79 Å². The van der Waals surface area contributed by atoms with Crippen LogP contribution in [0.4, 0.5) is 0 Å². The molecular weight excluding hydrogens is 320 g/mol. The van der Waals surface area contributed by atoms with Crippen LogP contribution in [0.1, 0.15) is 23.6 Å². The fourth-order valence-corrected chi connectivity index (χ4v) is 3.57. The number of rotatable bonds is 4. The van der Waals surface area contributed by atoms with Gasteiger partial charge in [-0.05, 0) is 18.4 Å². The minimum Gasteiger partial charge on any atom is -0.389 e. The lowest BCUT2D eigenvalue weighted by atomic mass is 9.99. The molecule has 1 aliphatic rings. The molecule has 0 unspecified atom stereocenters. The summed E-state index contributed by atoms with van der Waals surface area (Å²) < 4.78 is 0. The van der Waals surface area contributed by atoms with E-state index in [1.54, 1.807) is 6.20 Å². The third kappa shape index (κ3) is 2.86. The molecule has 3 heterocycles. The summed E-state index contributed by atoms with van der Waals surface area (Å²) in [6, 6.07) is 9.33. The van der Waals surface area contributed by atoms with Gasteiger partial charge in [0.1, 0.15) is 17.1 Å². The van der Waals surface area contributed by atoms with E-state index in [0.29, 0.717) is 23.0 Å². The molecule has 0 radical (unpaired) electrons. The summed E-state index contributed by atoms with van der Waals surface area (Å²) in [7, 11) is 0. The van der Waals surface area contributed by atoms with Crippen molar-refractivity contribution in [1.29, 1.82) is 0 Å². The first kappa shape index (κ1) is 16.0. The van der Waals surface area contributed by atoms with Crippen molar-refractivity contribution >= 4 is 11.0 Å². The highest BCUT2D eigenvalue weighted by Gasteiger charge is 2.42. The smallest absolute Gasteiger partial charge is 0.275 e. The second kappa shape index (κ2) is 6.44. The average molecular weight is 340 g/mol. The van der Waals surface area contributed by atoms with E-state index < -0.39 is 18.2 Å². The maximum Gasteiger partial charge on any atom is 0.275 e. The highest BCUT2D eigenvalue weighted by molar-refractivity contribution is 5.78. The van der Waals surface area contributed by atoms with Crippen molar-refractivity contribution in [3.63, 3.8) is 0 Å². The molecule has 4 atom stereocenters. The number of aliphatic hydroxyl groups excluding tert-OH is 2. The van der Waals surface area contributed by atoms with E-state index in [4.69, 9.17) is 0 Å². The van der Waals surface area contributed by atoms with Crippen LogP contribution in [0.3, 0.4) is 0 Å². The Morgan fingerprint density at radius 1 is 1.08 bits per heavy atom. The molecule has 0 saturated carbocycles. The van der Waals surface area contributed by atoms with Gasteiger partial charge < -0.3 is 25.5 Å². The van der Waals surface area contributed by atoms with Crippen LogP contribution < -0.4 is 10.9 Å². The van der Waals surface area contributed by atoms with Gasteiger partial charge in [0.25, 0.3) is 5.56 Å². The Hall–Kier alpha value is -2.48. The molecule has 1 fully saturated rings. The van der Waals surface area contributed by atoms with Crippen LogP contribution in [0.15, 0.2) is 47.7 Å². The Kier molecular flexibility index (Phi) is 4.12. The highest BCUT2D eigenvalue weighted by Crippen LogP contribution is 2.32. The summed E-state index contributed by atoms with van der Waals surface area (Å²) in [6.45, 7) is 0. The fraction of sp³-hybridized carbons (Fsp3) is 0.333. The zero-order chi connectivity index (χ0) is 17.4. The van der Waals surface area contributed by atoms with Gasteiger partial charge in [-0.15, -0.1) is 0 Å². The summed E-state index contributed by atoms with van der Waals surface area (Å²) >= 11 is 0. The van der Waals surface area contributed by atoms with Crippen molar-refractivity contribution in [2.45, 2.75) is 37.1 Å². The van der Waals surface area contributed by atoms with Gasteiger partial charge in [0.2, 0.25) is 0 Å². The van der Waals surface area contributed by atoms with Crippen LogP contribution in [0.25, 0.3) is 11.0 Å². The molecule has 5 N–H and O–H groups in total. The Labute approximate surface area is 143 Å². The summed E-state index contributed by atoms with van der Waals surface area (Å²) in [4.78, 5) is 21.4. The molecule has 2 aromatic heterocycles. The van der Waals surface area contributed by atoms with Crippen LogP contribution in [-0.4, -0.2) is 43.4 Å². The topological polar surface area (TPSA) is 114 Å². The molecule has 0 amide bonds. The Bertz CT molecular complexity index is 921. The predicted octanol–water partition coefficient (Wildman–Crippen LogP) is 0.619. The van der Waals surface area contributed by atoms with Crippen LogP contribution >= 0.6 is 0 Å². The van der Waals surface area contributed by atoms with Gasteiger partial charge in [-0.25, -0.2) is 4.98 Å². The molecule has 1 aliphatic heterocycles. The van der Waals surface area contributed by atoms with Crippen molar-refractivity contribution in [2.24, 2.45) is 0 Å². The molecule has 3 aromatic rings. The summed E-state index contributed by atoms with van der Waals surface area (Å²) in [6.07, 6.45) is 2.68. The number of fused-ring (bicyclic) bond motifs is 1. The zero-order valence-electron chi connectivity index (χ0n) is 13.5. The van der Waals surface area contributed by atoms with Gasteiger partial charge in [0.05, 0.1) is 18.5 Å². The first-order valence-electron chi connectivity index (χ1n) is 8.36. The number of hydrogen-bond acceptors (Lipinski definition) is 5. The Morgan fingerprint density at radius 3 is 2.68 bits per heavy atom. The molecule has 0 spiro atoms. The Morgan fingerprint density at radius 2 is 1.88 bits per heavy atom. The van der Waals surface area contributed by atoms with Gasteiger partial charge in [0.15, 0.2) is 0 Å². The zero-order valence-corrected chi connectivity index (χ0v) is 13.5. The van der Waals surface area contributed by atoms with Crippen molar-refractivity contribution < 1.29 is 10.2 Å². The molecule has 0 bridgehead atoms. The molecule has 25 heavy (non-hydrogen) atoms. The van der Waals surface area contributed by atoms with Crippen molar-refractivity contribution in [2.75, 3.05) is 0 Å². The largest absolute Gasteiger partial charge is 0.389 e. The molecule has 0 aliphatic carbocycles. The quantitative estimate of drug-likeness (QED) is 0.478. The van der Waals surface area contributed by atoms with Gasteiger partial charge in [-0.1, -0.05) is 30.3 Å². The van der Waals surface area contributed by atoms with Crippen LogP contribution in [0.2, 0.25) is 0 Å². The monoisotopic (exact) mass is 340 g/mol. The number of aliphatic hydroxyl groups is 2. The lowest BCUT2D eigenvalue weighted by molar-refractivity contribution is 0.0270. The highest BCUT2D eigenvalue weighted by atomic mass is 16.3. The number of nitrogens with zero attached hydrogens (tertiary/aromatic N) is 1. The van der Waals surface area contributed by atoms with Crippen molar-refractivity contribution in [3.05, 3.63) is 64.3 Å². The molecule has 4 rings (SSSR count). The average Bonchev–Trinajstić information content (AvgIpc) is 3.18. The van der Waals surface area contributed by atoms with Gasteiger partial charge in [0, 0.05) is 17.8 Å². The number of nitrogens with one attached hydrogen (secondary N) is 3. The number of H-pyrrole nitrogens is 2. The SMILES string of the molecule is O=c1[nH]cnc2c([C@@H]3N[C@H](CCc4ccccc4)[C@@H](O)[C@H]3O)c[nH]c12. The fourth-order valence-electron chi connectivity index (χ4n) is 3.57. The third-order valence-corrected chi connectivity index (χ3v) is 4.92. The first-order chi connectivity index (χ1) is 12.1. The number of aromatic amines is 2. The molecular formula is C18H20N4O3. The van der Waals surface area contributed by atoms with E-state index in [9.17, 15) is 15.0 Å². The maximum absolute atomic E-state index is 11.8. The molecule has 1 aromatic carbocycles. The van der Waals surface area contributed by atoms with Crippen LogP contribution in [0, 0.1) is 0 Å². The second-order valence-electron chi connectivity index (χ2n) is 6.46. The predicted molar refractivity (Wildman–Crippen MR) is 93.2 cm³/mol. The normalized spacial score (nSPS) is 26.3. The van der Waals surface area contributed by atoms with E-state index >= 15 is 0 Å². The minimum atomic E-state index is -0.958. The van der Waals surface area contributed by atoms with E-state index in [0.717, 1.165) is 6.42 Å². The van der Waals surface area contributed by atoms with E-state index in [1.165, 1.54) is 11.9 Å².